The van der Waals surface area contributed by atoms with E-state index in [1.807, 2.05) is 39.0 Å². The van der Waals surface area contributed by atoms with Crippen molar-refractivity contribution in [2.24, 2.45) is 0 Å². The van der Waals surface area contributed by atoms with Gasteiger partial charge in [-0.15, -0.1) is 0 Å². The summed E-state index contributed by atoms with van der Waals surface area (Å²) < 4.78 is 10.3. The van der Waals surface area contributed by atoms with E-state index >= 15 is 0 Å². The molecule has 27 heavy (non-hydrogen) atoms. The van der Waals surface area contributed by atoms with E-state index in [1.54, 1.807) is 17.2 Å². The van der Waals surface area contributed by atoms with Gasteiger partial charge in [-0.2, -0.15) is 0 Å². The number of aromatic nitrogens is 1. The maximum Gasteiger partial charge on any atom is 0.410 e. The number of pyridine rings is 1. The molecule has 2 heterocycles. The first kappa shape index (κ1) is 18.9. The van der Waals surface area contributed by atoms with E-state index in [0.717, 1.165) is 16.6 Å². The van der Waals surface area contributed by atoms with Crippen molar-refractivity contribution in [2.75, 3.05) is 38.2 Å². The largest absolute Gasteiger partial charge is 0.465 e. The van der Waals surface area contributed by atoms with E-state index in [4.69, 9.17) is 9.47 Å². The predicted molar refractivity (Wildman–Crippen MR) is 103 cm³/mol. The number of methoxy groups -OCH3 is 1. The van der Waals surface area contributed by atoms with Crippen LogP contribution in [-0.2, 0) is 9.47 Å². The molecule has 2 aromatic rings. The fourth-order valence-corrected chi connectivity index (χ4v) is 3.09. The van der Waals surface area contributed by atoms with Crippen LogP contribution in [0, 0.1) is 0 Å². The van der Waals surface area contributed by atoms with E-state index in [2.05, 4.69) is 9.88 Å². The third kappa shape index (κ3) is 4.30. The fourth-order valence-electron chi connectivity index (χ4n) is 3.09. The average molecular weight is 371 g/mol. The second-order valence-corrected chi connectivity index (χ2v) is 7.51. The molecule has 1 aromatic carbocycles. The Morgan fingerprint density at radius 2 is 1.78 bits per heavy atom. The van der Waals surface area contributed by atoms with Gasteiger partial charge in [-0.25, -0.2) is 9.59 Å². The molecule has 0 radical (unpaired) electrons. The van der Waals surface area contributed by atoms with Crippen molar-refractivity contribution < 1.29 is 19.1 Å². The summed E-state index contributed by atoms with van der Waals surface area (Å²) in [6, 6.07) is 7.51. The number of amides is 1. The zero-order valence-corrected chi connectivity index (χ0v) is 16.2. The van der Waals surface area contributed by atoms with Crippen LogP contribution in [0.2, 0.25) is 0 Å². The number of hydrogen-bond donors (Lipinski definition) is 0. The molecule has 0 spiro atoms. The van der Waals surface area contributed by atoms with E-state index in [0.29, 0.717) is 31.7 Å². The molecule has 1 fully saturated rings. The first-order chi connectivity index (χ1) is 12.8. The molecule has 1 amide bonds. The van der Waals surface area contributed by atoms with E-state index in [9.17, 15) is 9.59 Å². The molecule has 1 aromatic heterocycles. The van der Waals surface area contributed by atoms with Crippen molar-refractivity contribution in [1.82, 2.24) is 9.88 Å². The Kier molecular flexibility index (Phi) is 5.21. The summed E-state index contributed by atoms with van der Waals surface area (Å²) in [4.78, 5) is 32.5. The van der Waals surface area contributed by atoms with Gasteiger partial charge in [0.15, 0.2) is 0 Å². The van der Waals surface area contributed by atoms with Crippen LogP contribution < -0.4 is 4.90 Å². The zero-order valence-electron chi connectivity index (χ0n) is 16.2. The molecule has 0 unspecified atom stereocenters. The Labute approximate surface area is 158 Å². The topological polar surface area (TPSA) is 72.0 Å². The number of benzene rings is 1. The van der Waals surface area contributed by atoms with Gasteiger partial charge in [0.05, 0.1) is 18.2 Å². The minimum absolute atomic E-state index is 0.280. The lowest BCUT2D eigenvalue weighted by Gasteiger charge is -2.36. The van der Waals surface area contributed by atoms with E-state index in [-0.39, 0.29) is 12.1 Å². The Balaban J connectivity index is 1.76. The standard InChI is InChI=1S/C20H25N3O4/c1-20(2,3)27-19(25)23-11-9-22(10-12-23)14-5-6-17-16(13-14)15(7-8-21-17)18(24)26-4/h5-8,13H,9-12H2,1-4H3. The van der Waals surface area contributed by atoms with Crippen molar-refractivity contribution in [3.8, 4) is 0 Å². The second kappa shape index (κ2) is 7.42. The highest BCUT2D eigenvalue weighted by atomic mass is 16.6. The predicted octanol–water partition coefficient (Wildman–Crippen LogP) is 3.08. The van der Waals surface area contributed by atoms with Crippen LogP contribution in [0.4, 0.5) is 10.5 Å². The van der Waals surface area contributed by atoms with Crippen LogP contribution in [0.15, 0.2) is 30.5 Å². The number of anilines is 1. The zero-order chi connectivity index (χ0) is 19.6. The summed E-state index contributed by atoms with van der Waals surface area (Å²) in [5.41, 5.74) is 1.74. The van der Waals surface area contributed by atoms with Crippen molar-refractivity contribution in [3.05, 3.63) is 36.0 Å². The molecule has 7 nitrogen and oxygen atoms in total. The summed E-state index contributed by atoms with van der Waals surface area (Å²) >= 11 is 0. The number of carbonyl (C=O) groups is 2. The fraction of sp³-hybridized carbons (Fsp3) is 0.450. The van der Waals surface area contributed by atoms with Gasteiger partial charge < -0.3 is 19.3 Å². The van der Waals surface area contributed by atoms with Crippen LogP contribution in [0.25, 0.3) is 10.9 Å². The summed E-state index contributed by atoms with van der Waals surface area (Å²) in [5.74, 6) is -0.380. The SMILES string of the molecule is COC(=O)c1ccnc2ccc(N3CCN(C(=O)OC(C)(C)C)CC3)cc12. The number of nitrogens with zero attached hydrogens (tertiary/aromatic N) is 3. The molecule has 1 saturated heterocycles. The van der Waals surface area contributed by atoms with Gasteiger partial charge >= 0.3 is 12.1 Å². The number of piperazine rings is 1. The van der Waals surface area contributed by atoms with E-state index in [1.165, 1.54) is 7.11 Å². The molecule has 0 aliphatic carbocycles. The maximum atomic E-state index is 12.2. The van der Waals surface area contributed by atoms with Crippen molar-refractivity contribution in [1.29, 1.82) is 0 Å². The molecule has 1 aliphatic rings. The molecule has 144 valence electrons. The number of hydrogen-bond acceptors (Lipinski definition) is 6. The molecule has 0 N–H and O–H groups in total. The molecule has 3 rings (SSSR count). The first-order valence-electron chi connectivity index (χ1n) is 8.98. The highest BCUT2D eigenvalue weighted by Gasteiger charge is 2.26. The van der Waals surface area contributed by atoms with Crippen LogP contribution >= 0.6 is 0 Å². The third-order valence-corrected chi connectivity index (χ3v) is 4.43. The number of ether oxygens (including phenoxy) is 2. The molecule has 0 bridgehead atoms. The lowest BCUT2D eigenvalue weighted by Crippen LogP contribution is -2.50. The smallest absolute Gasteiger partial charge is 0.410 e. The third-order valence-electron chi connectivity index (χ3n) is 4.43. The number of fused-ring (bicyclic) bond motifs is 1. The van der Waals surface area contributed by atoms with Crippen molar-refractivity contribution in [3.63, 3.8) is 0 Å². The monoisotopic (exact) mass is 371 g/mol. The number of carbonyl (C=O) groups excluding carboxylic acids is 2. The van der Waals surface area contributed by atoms with Crippen LogP contribution in [0.5, 0.6) is 0 Å². The average Bonchev–Trinajstić information content (AvgIpc) is 2.65. The highest BCUT2D eigenvalue weighted by molar-refractivity contribution is 6.04. The van der Waals surface area contributed by atoms with Gasteiger partial charge in [0.25, 0.3) is 0 Å². The van der Waals surface area contributed by atoms with Gasteiger partial charge in [-0.05, 0) is 45.0 Å². The highest BCUT2D eigenvalue weighted by Crippen LogP contribution is 2.25. The Morgan fingerprint density at radius 3 is 2.41 bits per heavy atom. The Bertz CT molecular complexity index is 852. The Hall–Kier alpha value is -2.83. The molecule has 0 atom stereocenters. The summed E-state index contributed by atoms with van der Waals surface area (Å²) in [5, 5.41) is 0.761. The summed E-state index contributed by atoms with van der Waals surface area (Å²) in [6.45, 7) is 8.15. The minimum atomic E-state index is -0.496. The molecule has 7 heteroatoms. The van der Waals surface area contributed by atoms with Crippen molar-refractivity contribution in [2.45, 2.75) is 26.4 Å². The summed E-state index contributed by atoms with van der Waals surface area (Å²) in [6.07, 6.45) is 1.33. The molecule has 0 saturated carbocycles. The van der Waals surface area contributed by atoms with E-state index < -0.39 is 5.60 Å². The van der Waals surface area contributed by atoms with Gasteiger partial charge in [0.1, 0.15) is 5.60 Å². The van der Waals surface area contributed by atoms with Crippen molar-refractivity contribution >= 4 is 28.7 Å². The lowest BCUT2D eigenvalue weighted by atomic mass is 10.1. The lowest BCUT2D eigenvalue weighted by molar-refractivity contribution is 0.0240. The normalized spacial score (nSPS) is 15.0. The van der Waals surface area contributed by atoms with Crippen LogP contribution in [0.3, 0.4) is 0 Å². The van der Waals surface area contributed by atoms with Crippen LogP contribution in [-0.4, -0.2) is 60.8 Å². The second-order valence-electron chi connectivity index (χ2n) is 7.51. The minimum Gasteiger partial charge on any atom is -0.465 e. The summed E-state index contributed by atoms with van der Waals surface area (Å²) in [7, 11) is 1.37. The van der Waals surface area contributed by atoms with Crippen LogP contribution in [0.1, 0.15) is 31.1 Å². The van der Waals surface area contributed by atoms with Gasteiger partial charge in [0, 0.05) is 43.4 Å². The first-order valence-corrected chi connectivity index (χ1v) is 8.98. The molecular weight excluding hydrogens is 346 g/mol. The quantitative estimate of drug-likeness (QED) is 0.756. The maximum absolute atomic E-state index is 12.2. The van der Waals surface area contributed by atoms with Gasteiger partial charge in [-0.3, -0.25) is 4.98 Å². The Morgan fingerprint density at radius 1 is 1.07 bits per heavy atom. The molecule has 1 aliphatic heterocycles. The number of esters is 1. The van der Waals surface area contributed by atoms with Gasteiger partial charge in [-0.1, -0.05) is 0 Å². The molecular formula is C20H25N3O4. The number of rotatable bonds is 2. The van der Waals surface area contributed by atoms with Gasteiger partial charge in [0.2, 0.25) is 0 Å².